The number of aliphatic hydroxyl groups excluding tert-OH is 1. The van der Waals surface area contributed by atoms with Crippen LogP contribution in [0.3, 0.4) is 0 Å². The normalized spacial score (nSPS) is 24.0. The van der Waals surface area contributed by atoms with Crippen LogP contribution in [-0.2, 0) is 0 Å². The zero-order valence-electron chi connectivity index (χ0n) is 10.6. The predicted octanol–water partition coefficient (Wildman–Crippen LogP) is 4.02. The molecule has 3 rings (SSSR count). The van der Waals surface area contributed by atoms with Gasteiger partial charge < -0.3 is 5.11 Å². The first kappa shape index (κ1) is 11.5. The Morgan fingerprint density at radius 2 is 1.83 bits per heavy atom. The fraction of sp³-hybridized carbons (Fsp3) is 0.294. The van der Waals surface area contributed by atoms with Gasteiger partial charge >= 0.3 is 0 Å². The second-order valence-electron chi connectivity index (χ2n) is 5.32. The van der Waals surface area contributed by atoms with Crippen molar-refractivity contribution in [2.75, 3.05) is 0 Å². The zero-order chi connectivity index (χ0) is 12.5. The Labute approximate surface area is 108 Å². The fourth-order valence-electron chi connectivity index (χ4n) is 2.94. The summed E-state index contributed by atoms with van der Waals surface area (Å²) in [6.45, 7) is 2.11. The Hall–Kier alpha value is -1.60. The molecule has 0 saturated heterocycles. The molecule has 1 aliphatic carbocycles. The van der Waals surface area contributed by atoms with Crippen molar-refractivity contribution in [1.29, 1.82) is 0 Å². The summed E-state index contributed by atoms with van der Waals surface area (Å²) in [7, 11) is 0. The number of fused-ring (bicyclic) bond motifs is 1. The van der Waals surface area contributed by atoms with Crippen LogP contribution in [0.5, 0.6) is 0 Å². The van der Waals surface area contributed by atoms with E-state index in [4.69, 9.17) is 0 Å². The summed E-state index contributed by atoms with van der Waals surface area (Å²) in [5, 5.41) is 12.4. The lowest BCUT2D eigenvalue weighted by Crippen LogP contribution is -2.16. The second kappa shape index (κ2) is 4.58. The van der Waals surface area contributed by atoms with Gasteiger partial charge in [-0.1, -0.05) is 54.1 Å². The topological polar surface area (TPSA) is 20.2 Å². The molecule has 1 nitrogen and oxygen atoms in total. The number of allylic oxidation sites excluding steroid dienone is 1. The second-order valence-corrected chi connectivity index (χ2v) is 5.32. The number of hydrogen-bond acceptors (Lipinski definition) is 1. The average molecular weight is 238 g/mol. The molecule has 92 valence electrons. The van der Waals surface area contributed by atoms with Gasteiger partial charge in [0.05, 0.1) is 6.10 Å². The van der Waals surface area contributed by atoms with Crippen LogP contribution in [0.25, 0.3) is 10.8 Å². The SMILES string of the molecule is CC1=CC(O)CC(c2ccc3ccccc3c2)C1. The van der Waals surface area contributed by atoms with E-state index in [0.717, 1.165) is 12.8 Å². The Balaban J connectivity index is 1.97. The number of benzene rings is 2. The molecule has 1 aliphatic rings. The van der Waals surface area contributed by atoms with Gasteiger partial charge in [0.25, 0.3) is 0 Å². The molecule has 0 heterocycles. The number of aliphatic hydroxyl groups is 1. The summed E-state index contributed by atoms with van der Waals surface area (Å²) in [6, 6.07) is 15.1. The highest BCUT2D eigenvalue weighted by molar-refractivity contribution is 5.83. The molecule has 18 heavy (non-hydrogen) atoms. The van der Waals surface area contributed by atoms with E-state index in [9.17, 15) is 5.11 Å². The van der Waals surface area contributed by atoms with E-state index in [0.29, 0.717) is 5.92 Å². The van der Waals surface area contributed by atoms with Gasteiger partial charge in [0, 0.05) is 0 Å². The monoisotopic (exact) mass is 238 g/mol. The maximum absolute atomic E-state index is 9.85. The zero-order valence-corrected chi connectivity index (χ0v) is 10.6. The summed E-state index contributed by atoms with van der Waals surface area (Å²) in [4.78, 5) is 0. The standard InChI is InChI=1S/C17H18O/c1-12-8-16(11-17(18)9-12)15-7-6-13-4-2-3-5-14(13)10-15/h2-7,9-10,16-18H,8,11H2,1H3. The van der Waals surface area contributed by atoms with E-state index in [2.05, 4.69) is 49.4 Å². The Morgan fingerprint density at radius 1 is 1.06 bits per heavy atom. The molecule has 1 heteroatoms. The summed E-state index contributed by atoms with van der Waals surface area (Å²) >= 11 is 0. The van der Waals surface area contributed by atoms with E-state index < -0.39 is 0 Å². The average Bonchev–Trinajstić information content (AvgIpc) is 2.37. The molecule has 2 unspecified atom stereocenters. The van der Waals surface area contributed by atoms with Gasteiger partial charge in [-0.15, -0.1) is 0 Å². The Kier molecular flexibility index (Phi) is 2.92. The quantitative estimate of drug-likeness (QED) is 0.744. The summed E-state index contributed by atoms with van der Waals surface area (Å²) in [5.74, 6) is 0.453. The van der Waals surface area contributed by atoms with Crippen molar-refractivity contribution >= 4 is 10.8 Å². The molecule has 0 spiro atoms. The van der Waals surface area contributed by atoms with Gasteiger partial charge in [-0.2, -0.15) is 0 Å². The van der Waals surface area contributed by atoms with E-state index in [1.807, 2.05) is 6.08 Å². The van der Waals surface area contributed by atoms with Gasteiger partial charge in [0.1, 0.15) is 0 Å². The first-order chi connectivity index (χ1) is 8.72. The van der Waals surface area contributed by atoms with Gasteiger partial charge in [-0.05, 0) is 42.0 Å². The van der Waals surface area contributed by atoms with Crippen molar-refractivity contribution in [3.05, 3.63) is 59.7 Å². The third-order valence-corrected chi connectivity index (χ3v) is 3.82. The highest BCUT2D eigenvalue weighted by Crippen LogP contribution is 2.34. The molecule has 2 atom stereocenters. The van der Waals surface area contributed by atoms with Crippen LogP contribution in [0.4, 0.5) is 0 Å². The van der Waals surface area contributed by atoms with Crippen molar-refractivity contribution in [2.24, 2.45) is 0 Å². The first-order valence-electron chi connectivity index (χ1n) is 6.56. The summed E-state index contributed by atoms with van der Waals surface area (Å²) in [6.07, 6.45) is 3.61. The van der Waals surface area contributed by atoms with Crippen molar-refractivity contribution in [3.63, 3.8) is 0 Å². The van der Waals surface area contributed by atoms with Crippen LogP contribution < -0.4 is 0 Å². The fourth-order valence-corrected chi connectivity index (χ4v) is 2.94. The first-order valence-corrected chi connectivity index (χ1v) is 6.56. The lowest BCUT2D eigenvalue weighted by atomic mass is 9.82. The van der Waals surface area contributed by atoms with Gasteiger partial charge in [-0.25, -0.2) is 0 Å². The minimum atomic E-state index is -0.282. The van der Waals surface area contributed by atoms with Crippen molar-refractivity contribution < 1.29 is 5.11 Å². The van der Waals surface area contributed by atoms with Crippen LogP contribution in [0.2, 0.25) is 0 Å². The molecule has 0 aliphatic heterocycles. The molecule has 0 radical (unpaired) electrons. The highest BCUT2D eigenvalue weighted by atomic mass is 16.3. The molecule has 0 aromatic heterocycles. The molecular weight excluding hydrogens is 220 g/mol. The summed E-state index contributed by atoms with van der Waals surface area (Å²) < 4.78 is 0. The largest absolute Gasteiger partial charge is 0.389 e. The molecule has 1 N–H and O–H groups in total. The van der Waals surface area contributed by atoms with Gasteiger partial charge in [0.15, 0.2) is 0 Å². The minimum Gasteiger partial charge on any atom is -0.389 e. The van der Waals surface area contributed by atoms with Crippen LogP contribution in [-0.4, -0.2) is 11.2 Å². The van der Waals surface area contributed by atoms with Gasteiger partial charge in [0.2, 0.25) is 0 Å². The van der Waals surface area contributed by atoms with Crippen LogP contribution >= 0.6 is 0 Å². The molecule has 0 bridgehead atoms. The molecule has 2 aromatic carbocycles. The molecular formula is C17H18O. The third kappa shape index (κ3) is 2.19. The van der Waals surface area contributed by atoms with Crippen LogP contribution in [0.15, 0.2) is 54.1 Å². The lowest BCUT2D eigenvalue weighted by Gasteiger charge is -2.25. The minimum absolute atomic E-state index is 0.282. The molecule has 0 fully saturated rings. The predicted molar refractivity (Wildman–Crippen MR) is 75.7 cm³/mol. The lowest BCUT2D eigenvalue weighted by molar-refractivity contribution is 0.193. The van der Waals surface area contributed by atoms with Crippen LogP contribution in [0, 0.1) is 0 Å². The molecule has 0 amide bonds. The van der Waals surface area contributed by atoms with Gasteiger partial charge in [-0.3, -0.25) is 0 Å². The Bertz CT molecular complexity index is 597. The van der Waals surface area contributed by atoms with E-state index >= 15 is 0 Å². The van der Waals surface area contributed by atoms with Crippen molar-refractivity contribution in [1.82, 2.24) is 0 Å². The third-order valence-electron chi connectivity index (χ3n) is 3.82. The Morgan fingerprint density at radius 3 is 2.61 bits per heavy atom. The highest BCUT2D eigenvalue weighted by Gasteiger charge is 2.20. The van der Waals surface area contributed by atoms with E-state index in [-0.39, 0.29) is 6.10 Å². The van der Waals surface area contributed by atoms with Crippen LogP contribution in [0.1, 0.15) is 31.2 Å². The molecule has 2 aromatic rings. The molecule has 0 saturated carbocycles. The number of hydrogen-bond donors (Lipinski definition) is 1. The van der Waals surface area contributed by atoms with E-state index in [1.165, 1.54) is 21.9 Å². The number of rotatable bonds is 1. The van der Waals surface area contributed by atoms with E-state index in [1.54, 1.807) is 0 Å². The maximum atomic E-state index is 9.85. The maximum Gasteiger partial charge on any atom is 0.0729 e. The van der Waals surface area contributed by atoms with Crippen molar-refractivity contribution in [3.8, 4) is 0 Å². The van der Waals surface area contributed by atoms with Crippen molar-refractivity contribution in [2.45, 2.75) is 31.8 Å². The summed E-state index contributed by atoms with van der Waals surface area (Å²) in [5.41, 5.74) is 2.65. The smallest absolute Gasteiger partial charge is 0.0729 e.